The van der Waals surface area contributed by atoms with Crippen molar-refractivity contribution in [2.45, 2.75) is 76.0 Å². The van der Waals surface area contributed by atoms with Gasteiger partial charge in [-0.2, -0.15) is 0 Å². The molecule has 1 aromatic heterocycles. The molecule has 0 bridgehead atoms. The Morgan fingerprint density at radius 2 is 2.14 bits per heavy atom. The summed E-state index contributed by atoms with van der Waals surface area (Å²) < 4.78 is 26.9. The number of benzene rings is 1. The lowest BCUT2D eigenvalue weighted by Crippen LogP contribution is -2.35. The summed E-state index contributed by atoms with van der Waals surface area (Å²) in [5.41, 5.74) is 3.33. The van der Waals surface area contributed by atoms with Crippen molar-refractivity contribution in [1.82, 2.24) is 9.88 Å². The molecule has 0 aliphatic carbocycles. The number of ether oxygens (including phenoxy) is 2. The Morgan fingerprint density at radius 1 is 1.22 bits per heavy atom. The standard InChI is InChI=1S/C29H38FN3O4/c30-24-10-5-9-23(26(24)25-11-2-4-18-37-25)27(29(34)35)33-16-14-22(19-33)36-17-3-1-8-21-13-12-20-7-6-15-31-28(20)32-21/h5,9-10,12-13,22,25,27H,1-4,6-8,11,14-19H2,(H,31,32)(H,34,35)/t22-,25?,27?/m1/s1. The summed E-state index contributed by atoms with van der Waals surface area (Å²) in [6, 6.07) is 8.16. The Hall–Kier alpha value is -2.55. The third-order valence-corrected chi connectivity index (χ3v) is 7.79. The highest BCUT2D eigenvalue weighted by Crippen LogP contribution is 2.37. The zero-order valence-electron chi connectivity index (χ0n) is 21.5. The van der Waals surface area contributed by atoms with Gasteiger partial charge in [-0.15, -0.1) is 0 Å². The summed E-state index contributed by atoms with van der Waals surface area (Å²) in [5, 5.41) is 13.5. The molecule has 37 heavy (non-hydrogen) atoms. The van der Waals surface area contributed by atoms with Crippen molar-refractivity contribution in [3.63, 3.8) is 0 Å². The average Bonchev–Trinajstić information content (AvgIpc) is 3.37. The van der Waals surface area contributed by atoms with Crippen LogP contribution in [0.4, 0.5) is 10.2 Å². The molecule has 1 aromatic carbocycles. The van der Waals surface area contributed by atoms with Crippen LogP contribution in [0.2, 0.25) is 0 Å². The highest BCUT2D eigenvalue weighted by molar-refractivity contribution is 5.76. The number of carboxylic acid groups (broad SMARTS) is 1. The maximum atomic E-state index is 14.9. The van der Waals surface area contributed by atoms with E-state index in [0.717, 1.165) is 69.4 Å². The number of nitrogens with zero attached hydrogens (tertiary/aromatic N) is 2. The highest BCUT2D eigenvalue weighted by Gasteiger charge is 2.37. The summed E-state index contributed by atoms with van der Waals surface area (Å²) in [5.74, 6) is -0.308. The number of rotatable bonds is 10. The molecule has 2 aromatic rings. The molecule has 4 heterocycles. The largest absolute Gasteiger partial charge is 0.480 e. The summed E-state index contributed by atoms with van der Waals surface area (Å²) in [7, 11) is 0. The van der Waals surface area contributed by atoms with Gasteiger partial charge in [-0.25, -0.2) is 9.37 Å². The number of hydrogen-bond acceptors (Lipinski definition) is 6. The van der Waals surface area contributed by atoms with E-state index in [-0.39, 0.29) is 18.0 Å². The van der Waals surface area contributed by atoms with E-state index in [1.807, 2.05) is 4.90 Å². The Bertz CT molecular complexity index is 1080. The van der Waals surface area contributed by atoms with Gasteiger partial charge in [-0.3, -0.25) is 9.69 Å². The molecule has 3 atom stereocenters. The molecule has 0 radical (unpaired) electrons. The van der Waals surface area contributed by atoms with Crippen molar-refractivity contribution in [3.05, 3.63) is 58.5 Å². The number of hydrogen-bond donors (Lipinski definition) is 2. The zero-order valence-corrected chi connectivity index (χ0v) is 21.5. The van der Waals surface area contributed by atoms with Gasteiger partial charge in [0.2, 0.25) is 0 Å². The third-order valence-electron chi connectivity index (χ3n) is 7.79. The van der Waals surface area contributed by atoms with Crippen molar-refractivity contribution in [1.29, 1.82) is 0 Å². The monoisotopic (exact) mass is 511 g/mol. The molecule has 5 rings (SSSR count). The number of aryl methyl sites for hydroxylation is 2. The Morgan fingerprint density at radius 3 is 2.97 bits per heavy atom. The van der Waals surface area contributed by atoms with Gasteiger partial charge in [0.05, 0.1) is 12.2 Å². The number of carbonyl (C=O) groups is 1. The normalized spacial score (nSPS) is 22.8. The number of likely N-dealkylation sites (tertiary alicyclic amines) is 1. The van der Waals surface area contributed by atoms with Gasteiger partial charge in [0, 0.05) is 44.1 Å². The summed E-state index contributed by atoms with van der Waals surface area (Å²) in [6.45, 7) is 3.34. The molecular formula is C29H38FN3O4. The van der Waals surface area contributed by atoms with E-state index in [1.54, 1.807) is 12.1 Å². The number of aromatic nitrogens is 1. The minimum Gasteiger partial charge on any atom is -0.480 e. The number of fused-ring (bicyclic) bond motifs is 1. The fourth-order valence-corrected chi connectivity index (χ4v) is 5.88. The maximum absolute atomic E-state index is 14.9. The second-order valence-corrected chi connectivity index (χ2v) is 10.4. The smallest absolute Gasteiger partial charge is 0.325 e. The Balaban J connectivity index is 1.13. The lowest BCUT2D eigenvalue weighted by atomic mass is 9.91. The SMILES string of the molecule is O=C(O)C(c1cccc(F)c1C1CCCCO1)N1CC[C@@H](OCCCCc2ccc3c(n2)NCCC3)C1. The van der Waals surface area contributed by atoms with Gasteiger partial charge in [0.25, 0.3) is 0 Å². The number of unbranched alkanes of at least 4 members (excludes halogenated alkanes) is 1. The van der Waals surface area contributed by atoms with E-state index >= 15 is 0 Å². The topological polar surface area (TPSA) is 83.9 Å². The first kappa shape index (κ1) is 26.1. The predicted molar refractivity (Wildman–Crippen MR) is 139 cm³/mol. The first-order valence-corrected chi connectivity index (χ1v) is 13.8. The van der Waals surface area contributed by atoms with Crippen molar-refractivity contribution in [2.75, 3.05) is 38.2 Å². The van der Waals surface area contributed by atoms with Crippen LogP contribution in [0.25, 0.3) is 0 Å². The molecular weight excluding hydrogens is 473 g/mol. The number of pyridine rings is 1. The first-order valence-electron chi connectivity index (χ1n) is 13.8. The molecule has 2 fully saturated rings. The molecule has 2 saturated heterocycles. The first-order chi connectivity index (χ1) is 18.1. The van der Waals surface area contributed by atoms with Crippen LogP contribution in [0.1, 0.15) is 79.5 Å². The molecule has 0 saturated carbocycles. The average molecular weight is 512 g/mol. The quantitative estimate of drug-likeness (QED) is 0.432. The Labute approximate surface area is 218 Å². The lowest BCUT2D eigenvalue weighted by Gasteiger charge is -2.30. The summed E-state index contributed by atoms with van der Waals surface area (Å²) in [6.07, 6.45) is 8.08. The lowest BCUT2D eigenvalue weighted by molar-refractivity contribution is -0.143. The molecule has 8 heteroatoms. The zero-order chi connectivity index (χ0) is 25.6. The van der Waals surface area contributed by atoms with Crippen LogP contribution in [0.15, 0.2) is 30.3 Å². The molecule has 0 spiro atoms. The summed E-state index contributed by atoms with van der Waals surface area (Å²) >= 11 is 0. The third kappa shape index (κ3) is 6.30. The minimum atomic E-state index is -0.963. The highest BCUT2D eigenvalue weighted by atomic mass is 19.1. The van der Waals surface area contributed by atoms with Gasteiger partial charge in [0.15, 0.2) is 0 Å². The van der Waals surface area contributed by atoms with Crippen molar-refractivity contribution < 1.29 is 23.8 Å². The number of carboxylic acids is 1. The van der Waals surface area contributed by atoms with Crippen LogP contribution in [0, 0.1) is 5.82 Å². The van der Waals surface area contributed by atoms with Gasteiger partial charge in [-0.05, 0) is 81.0 Å². The Kier molecular flexibility index (Phi) is 8.69. The van der Waals surface area contributed by atoms with Crippen LogP contribution in [0.3, 0.4) is 0 Å². The van der Waals surface area contributed by atoms with Crippen LogP contribution < -0.4 is 5.32 Å². The number of halogens is 1. The fourth-order valence-electron chi connectivity index (χ4n) is 5.88. The van der Waals surface area contributed by atoms with E-state index in [9.17, 15) is 14.3 Å². The number of aliphatic carboxylic acids is 1. The molecule has 7 nitrogen and oxygen atoms in total. The van der Waals surface area contributed by atoms with Gasteiger partial charge in [0.1, 0.15) is 17.7 Å². The van der Waals surface area contributed by atoms with E-state index in [1.165, 1.54) is 11.6 Å². The minimum absolute atomic E-state index is 0.0177. The van der Waals surface area contributed by atoms with E-state index < -0.39 is 12.0 Å². The molecule has 3 aliphatic rings. The van der Waals surface area contributed by atoms with Crippen LogP contribution in [0.5, 0.6) is 0 Å². The molecule has 2 N–H and O–H groups in total. The van der Waals surface area contributed by atoms with Gasteiger partial charge in [-0.1, -0.05) is 18.2 Å². The van der Waals surface area contributed by atoms with Gasteiger partial charge >= 0.3 is 5.97 Å². The van der Waals surface area contributed by atoms with Crippen molar-refractivity contribution in [3.8, 4) is 0 Å². The fraction of sp³-hybridized carbons (Fsp3) is 0.586. The van der Waals surface area contributed by atoms with Crippen LogP contribution in [-0.4, -0.2) is 59.9 Å². The second-order valence-electron chi connectivity index (χ2n) is 10.4. The second kappa shape index (κ2) is 12.3. The van der Waals surface area contributed by atoms with E-state index in [4.69, 9.17) is 14.5 Å². The van der Waals surface area contributed by atoms with E-state index in [2.05, 4.69) is 17.4 Å². The van der Waals surface area contributed by atoms with Crippen molar-refractivity contribution >= 4 is 11.8 Å². The number of nitrogens with one attached hydrogen (secondary N) is 1. The maximum Gasteiger partial charge on any atom is 0.325 e. The van der Waals surface area contributed by atoms with Crippen LogP contribution >= 0.6 is 0 Å². The molecule has 3 aliphatic heterocycles. The number of anilines is 1. The predicted octanol–water partition coefficient (Wildman–Crippen LogP) is 5.06. The van der Waals surface area contributed by atoms with Gasteiger partial charge < -0.3 is 19.9 Å². The molecule has 200 valence electrons. The molecule has 2 unspecified atom stereocenters. The summed E-state index contributed by atoms with van der Waals surface area (Å²) in [4.78, 5) is 19.1. The van der Waals surface area contributed by atoms with Crippen molar-refractivity contribution in [2.24, 2.45) is 0 Å². The van der Waals surface area contributed by atoms with Crippen LogP contribution in [-0.2, 0) is 27.1 Å². The van der Waals surface area contributed by atoms with E-state index in [0.29, 0.717) is 43.9 Å². The molecule has 0 amide bonds.